The molecule has 3 heteroatoms. The van der Waals surface area contributed by atoms with Gasteiger partial charge in [-0.15, -0.1) is 0 Å². The second kappa shape index (κ2) is 3.67. The average Bonchev–Trinajstić information content (AvgIpc) is 2.28. The minimum atomic E-state index is 0.166. The van der Waals surface area contributed by atoms with Gasteiger partial charge < -0.3 is 15.4 Å². The van der Waals surface area contributed by atoms with E-state index in [1.54, 1.807) is 0 Å². The third-order valence-corrected chi connectivity index (χ3v) is 3.76. The molecule has 2 N–H and O–H groups in total. The van der Waals surface area contributed by atoms with Gasteiger partial charge >= 0.3 is 0 Å². The monoisotopic (exact) mass is 218 g/mol. The fourth-order valence-electron chi connectivity index (χ4n) is 2.72. The molecule has 0 radical (unpaired) electrons. The van der Waals surface area contributed by atoms with Gasteiger partial charge in [-0.2, -0.15) is 0 Å². The molecule has 3 nitrogen and oxygen atoms in total. The smallest absolute Gasteiger partial charge is 0.0879 e. The Kier molecular flexibility index (Phi) is 2.28. The van der Waals surface area contributed by atoms with Gasteiger partial charge in [0, 0.05) is 30.9 Å². The summed E-state index contributed by atoms with van der Waals surface area (Å²) in [6, 6.07) is 8.15. The Morgan fingerprint density at radius 2 is 1.94 bits per heavy atom. The van der Waals surface area contributed by atoms with Crippen molar-refractivity contribution >= 4 is 11.4 Å². The molecule has 1 atom stereocenters. The maximum Gasteiger partial charge on any atom is 0.0879 e. The molecule has 0 aliphatic carbocycles. The van der Waals surface area contributed by atoms with Gasteiger partial charge in [-0.1, -0.05) is 0 Å². The first-order valence-electron chi connectivity index (χ1n) is 6.02. The summed E-state index contributed by atoms with van der Waals surface area (Å²) in [7, 11) is 0. The van der Waals surface area contributed by atoms with Crippen LogP contribution in [0.5, 0.6) is 0 Å². The lowest BCUT2D eigenvalue weighted by molar-refractivity contribution is -0.150. The summed E-state index contributed by atoms with van der Waals surface area (Å²) in [6.07, 6.45) is 3.67. The van der Waals surface area contributed by atoms with Crippen molar-refractivity contribution in [2.24, 2.45) is 0 Å². The van der Waals surface area contributed by atoms with Crippen LogP contribution in [0, 0.1) is 0 Å². The van der Waals surface area contributed by atoms with Crippen LogP contribution in [0.1, 0.15) is 19.3 Å². The van der Waals surface area contributed by atoms with Crippen molar-refractivity contribution in [3.63, 3.8) is 0 Å². The van der Waals surface area contributed by atoms with E-state index in [1.165, 1.54) is 24.9 Å². The normalized spacial score (nSPS) is 29.1. The zero-order valence-electron chi connectivity index (χ0n) is 9.48. The Hall–Kier alpha value is -1.22. The van der Waals surface area contributed by atoms with Gasteiger partial charge in [0.05, 0.1) is 12.2 Å². The molecule has 2 heterocycles. The van der Waals surface area contributed by atoms with Gasteiger partial charge in [-0.3, -0.25) is 0 Å². The van der Waals surface area contributed by atoms with Gasteiger partial charge in [0.15, 0.2) is 0 Å². The summed E-state index contributed by atoms with van der Waals surface area (Å²) >= 11 is 0. The Morgan fingerprint density at radius 3 is 2.56 bits per heavy atom. The van der Waals surface area contributed by atoms with E-state index in [2.05, 4.69) is 17.0 Å². The molecule has 2 aliphatic heterocycles. The van der Waals surface area contributed by atoms with Crippen LogP contribution in [0.15, 0.2) is 24.3 Å². The number of nitrogen functional groups attached to an aromatic ring is 1. The molecule has 2 aliphatic rings. The predicted octanol–water partition coefficient (Wildman–Crippen LogP) is 2.03. The van der Waals surface area contributed by atoms with Crippen molar-refractivity contribution in [1.82, 2.24) is 0 Å². The molecule has 2 fully saturated rings. The Balaban J connectivity index is 1.76. The van der Waals surface area contributed by atoms with Crippen molar-refractivity contribution in [2.45, 2.75) is 24.9 Å². The number of anilines is 2. The Labute approximate surface area is 96.2 Å². The van der Waals surface area contributed by atoms with E-state index in [9.17, 15) is 0 Å². The topological polar surface area (TPSA) is 38.5 Å². The maximum absolute atomic E-state index is 5.77. The van der Waals surface area contributed by atoms with E-state index < -0.39 is 0 Å². The fraction of sp³-hybridized carbons (Fsp3) is 0.538. The van der Waals surface area contributed by atoms with Gasteiger partial charge in [0.1, 0.15) is 0 Å². The van der Waals surface area contributed by atoms with E-state index in [1.807, 2.05) is 12.1 Å². The van der Waals surface area contributed by atoms with Crippen LogP contribution in [-0.2, 0) is 4.74 Å². The number of piperidine rings is 1. The summed E-state index contributed by atoms with van der Waals surface area (Å²) in [5.41, 5.74) is 7.97. The highest BCUT2D eigenvalue weighted by molar-refractivity contribution is 5.53. The summed E-state index contributed by atoms with van der Waals surface area (Å²) in [6.45, 7) is 3.11. The second-order valence-corrected chi connectivity index (χ2v) is 4.90. The highest BCUT2D eigenvalue weighted by Gasteiger charge is 2.41. The van der Waals surface area contributed by atoms with Gasteiger partial charge in [-0.25, -0.2) is 0 Å². The lowest BCUT2D eigenvalue weighted by atomic mass is 9.85. The van der Waals surface area contributed by atoms with Crippen molar-refractivity contribution in [3.8, 4) is 0 Å². The number of ether oxygens (including phenoxy) is 1. The van der Waals surface area contributed by atoms with Crippen LogP contribution >= 0.6 is 0 Å². The molecule has 0 saturated carbocycles. The quantitative estimate of drug-likeness (QED) is 0.733. The number of nitrogens with two attached hydrogens (primary N) is 1. The van der Waals surface area contributed by atoms with Crippen LogP contribution in [0.3, 0.4) is 0 Å². The number of rotatable bonds is 1. The summed E-state index contributed by atoms with van der Waals surface area (Å²) < 4.78 is 5.77. The number of benzene rings is 1. The van der Waals surface area contributed by atoms with Crippen LogP contribution in [-0.4, -0.2) is 25.3 Å². The predicted molar refractivity (Wildman–Crippen MR) is 65.6 cm³/mol. The molecule has 1 unspecified atom stereocenters. The largest absolute Gasteiger partial charge is 0.399 e. The number of nitrogens with zero attached hydrogens (tertiary/aromatic N) is 1. The maximum atomic E-state index is 5.77. The second-order valence-electron chi connectivity index (χ2n) is 4.90. The molecule has 16 heavy (non-hydrogen) atoms. The minimum absolute atomic E-state index is 0.166. The van der Waals surface area contributed by atoms with E-state index in [-0.39, 0.29) is 5.60 Å². The summed E-state index contributed by atoms with van der Waals surface area (Å²) in [4.78, 5) is 2.42. The highest BCUT2D eigenvalue weighted by atomic mass is 16.5. The van der Waals surface area contributed by atoms with E-state index >= 15 is 0 Å². The molecule has 0 amide bonds. The molecular weight excluding hydrogens is 200 g/mol. The first kappa shape index (κ1) is 9.97. The lowest BCUT2D eigenvalue weighted by Crippen LogP contribution is -2.56. The first-order valence-corrected chi connectivity index (χ1v) is 6.02. The molecule has 1 spiro atoms. The summed E-state index contributed by atoms with van der Waals surface area (Å²) in [5.74, 6) is 0. The molecule has 0 bridgehead atoms. The van der Waals surface area contributed by atoms with Crippen molar-refractivity contribution in [1.29, 1.82) is 0 Å². The van der Waals surface area contributed by atoms with E-state index in [4.69, 9.17) is 10.5 Å². The van der Waals surface area contributed by atoms with Crippen molar-refractivity contribution < 1.29 is 4.74 Å². The summed E-state index contributed by atoms with van der Waals surface area (Å²) in [5, 5.41) is 0. The average molecular weight is 218 g/mol. The molecule has 86 valence electrons. The molecule has 3 rings (SSSR count). The zero-order valence-corrected chi connectivity index (χ0v) is 9.48. The van der Waals surface area contributed by atoms with Crippen LogP contribution < -0.4 is 10.6 Å². The van der Waals surface area contributed by atoms with E-state index in [0.717, 1.165) is 25.4 Å². The van der Waals surface area contributed by atoms with Crippen LogP contribution in [0.4, 0.5) is 11.4 Å². The lowest BCUT2D eigenvalue weighted by Gasteiger charge is -2.49. The number of hydrogen-bond acceptors (Lipinski definition) is 3. The van der Waals surface area contributed by atoms with Gasteiger partial charge in [0.25, 0.3) is 0 Å². The van der Waals surface area contributed by atoms with Crippen LogP contribution in [0.2, 0.25) is 0 Å². The van der Waals surface area contributed by atoms with Crippen molar-refractivity contribution in [3.05, 3.63) is 24.3 Å². The molecular formula is C13H18N2O. The van der Waals surface area contributed by atoms with Crippen LogP contribution in [0.25, 0.3) is 0 Å². The molecule has 2 saturated heterocycles. The Morgan fingerprint density at radius 1 is 1.19 bits per heavy atom. The van der Waals surface area contributed by atoms with Gasteiger partial charge in [-0.05, 0) is 37.1 Å². The first-order chi connectivity index (χ1) is 7.77. The third kappa shape index (κ3) is 1.65. The van der Waals surface area contributed by atoms with E-state index in [0.29, 0.717) is 0 Å². The highest BCUT2D eigenvalue weighted by Crippen LogP contribution is 2.37. The third-order valence-electron chi connectivity index (χ3n) is 3.76. The van der Waals surface area contributed by atoms with Gasteiger partial charge in [0.2, 0.25) is 0 Å². The Bertz CT molecular complexity index is 370. The van der Waals surface area contributed by atoms with Crippen molar-refractivity contribution in [2.75, 3.05) is 30.3 Å². The number of hydrogen-bond donors (Lipinski definition) is 1. The SMILES string of the molecule is Nc1ccc(N2CCCC3(CCO3)C2)cc1. The fourth-order valence-corrected chi connectivity index (χ4v) is 2.72. The molecule has 1 aromatic rings. The molecule has 0 aromatic heterocycles. The zero-order chi connectivity index (χ0) is 11.0. The minimum Gasteiger partial charge on any atom is -0.399 e. The molecule has 1 aromatic carbocycles. The standard InChI is InChI=1S/C13H18N2O/c14-11-2-4-12(5-3-11)15-8-1-6-13(10-15)7-9-16-13/h2-5H,1,6-10,14H2.